The van der Waals surface area contributed by atoms with Gasteiger partial charge in [-0.05, 0) is 71.9 Å². The van der Waals surface area contributed by atoms with Gasteiger partial charge in [-0.2, -0.15) is 0 Å². The molecule has 2 bridgehead atoms. The van der Waals surface area contributed by atoms with Crippen LogP contribution in [-0.2, 0) is 16.0 Å². The maximum absolute atomic E-state index is 13.0. The summed E-state index contributed by atoms with van der Waals surface area (Å²) in [4.78, 5) is 28.9. The van der Waals surface area contributed by atoms with Crippen molar-refractivity contribution in [3.8, 4) is 0 Å². The van der Waals surface area contributed by atoms with E-state index in [2.05, 4.69) is 16.4 Å². The number of aliphatic carboxylic acids is 1. The van der Waals surface area contributed by atoms with E-state index in [4.69, 9.17) is 0 Å². The number of benzene rings is 1. The van der Waals surface area contributed by atoms with Gasteiger partial charge in [0, 0.05) is 18.1 Å². The van der Waals surface area contributed by atoms with E-state index < -0.39 is 17.8 Å². The van der Waals surface area contributed by atoms with Crippen LogP contribution >= 0.6 is 0 Å². The SMILES string of the molecule is O=C(O)C1[C@H]2C=C[C@H]([C@H]3C[C@@H]32)[C@H]1C(=O)Nc1ccc(Cc2ccncc2)cc1. The predicted molar refractivity (Wildman–Crippen MR) is 104 cm³/mol. The van der Waals surface area contributed by atoms with E-state index in [-0.39, 0.29) is 17.7 Å². The van der Waals surface area contributed by atoms with Crippen molar-refractivity contribution in [1.82, 2.24) is 4.98 Å². The Morgan fingerprint density at radius 1 is 0.929 bits per heavy atom. The topological polar surface area (TPSA) is 79.3 Å². The molecule has 2 N–H and O–H groups in total. The molecule has 4 aliphatic carbocycles. The predicted octanol–water partition coefficient (Wildman–Crippen LogP) is 3.38. The quantitative estimate of drug-likeness (QED) is 0.787. The molecule has 2 saturated carbocycles. The highest BCUT2D eigenvalue weighted by Gasteiger charge is 2.62. The van der Waals surface area contributed by atoms with E-state index in [1.807, 2.05) is 42.5 Å². The maximum Gasteiger partial charge on any atom is 0.307 e. The van der Waals surface area contributed by atoms with Gasteiger partial charge in [0.2, 0.25) is 5.91 Å². The number of nitrogens with one attached hydrogen (secondary N) is 1. The minimum atomic E-state index is -0.849. The van der Waals surface area contributed by atoms with Gasteiger partial charge in [-0.25, -0.2) is 0 Å². The van der Waals surface area contributed by atoms with Gasteiger partial charge in [-0.15, -0.1) is 0 Å². The second kappa shape index (κ2) is 6.59. The molecule has 1 unspecified atom stereocenters. The molecule has 1 amide bonds. The number of anilines is 1. The van der Waals surface area contributed by atoms with Crippen LogP contribution in [0, 0.1) is 35.5 Å². The molecule has 0 radical (unpaired) electrons. The first-order valence-electron chi connectivity index (χ1n) is 9.81. The number of carbonyl (C=O) groups is 2. The Morgan fingerprint density at radius 3 is 2.18 bits per heavy atom. The van der Waals surface area contributed by atoms with Gasteiger partial charge in [-0.1, -0.05) is 24.3 Å². The molecule has 0 aliphatic heterocycles. The number of rotatable bonds is 5. The summed E-state index contributed by atoms with van der Waals surface area (Å²) in [6.45, 7) is 0. The van der Waals surface area contributed by atoms with Crippen molar-refractivity contribution in [2.75, 3.05) is 5.32 Å². The first kappa shape index (κ1) is 17.2. The lowest BCUT2D eigenvalue weighted by molar-refractivity contribution is -0.152. The van der Waals surface area contributed by atoms with E-state index in [1.165, 1.54) is 5.56 Å². The van der Waals surface area contributed by atoms with Gasteiger partial charge in [0.1, 0.15) is 0 Å². The fraction of sp³-hybridized carbons (Fsp3) is 0.348. The molecule has 6 atom stereocenters. The van der Waals surface area contributed by atoms with Gasteiger partial charge < -0.3 is 10.4 Å². The van der Waals surface area contributed by atoms with Gasteiger partial charge in [0.25, 0.3) is 0 Å². The fourth-order valence-corrected chi connectivity index (χ4v) is 5.24. The summed E-state index contributed by atoms with van der Waals surface area (Å²) in [5.41, 5.74) is 3.04. The van der Waals surface area contributed by atoms with Crippen LogP contribution in [0.1, 0.15) is 17.5 Å². The summed E-state index contributed by atoms with van der Waals surface area (Å²) in [6, 6.07) is 11.7. The molecular weight excluding hydrogens is 352 g/mol. The number of amides is 1. The minimum absolute atomic E-state index is 0.00554. The Labute approximate surface area is 163 Å². The summed E-state index contributed by atoms with van der Waals surface area (Å²) in [5.74, 6) is -1.08. The number of hydrogen-bond acceptors (Lipinski definition) is 3. The van der Waals surface area contributed by atoms with Crippen LogP contribution in [0.3, 0.4) is 0 Å². The third-order valence-electron chi connectivity index (χ3n) is 6.62. The van der Waals surface area contributed by atoms with Crippen molar-refractivity contribution >= 4 is 17.6 Å². The molecule has 5 heteroatoms. The zero-order valence-electron chi connectivity index (χ0n) is 15.4. The lowest BCUT2D eigenvalue weighted by atomic mass is 9.62. The van der Waals surface area contributed by atoms with Gasteiger partial charge >= 0.3 is 5.97 Å². The highest BCUT2D eigenvalue weighted by Crippen LogP contribution is 2.63. The molecule has 28 heavy (non-hydrogen) atoms. The van der Waals surface area contributed by atoms with Crippen molar-refractivity contribution in [3.05, 3.63) is 72.1 Å². The van der Waals surface area contributed by atoms with E-state index >= 15 is 0 Å². The van der Waals surface area contributed by atoms with Crippen LogP contribution < -0.4 is 5.32 Å². The first-order chi connectivity index (χ1) is 13.6. The molecule has 0 saturated heterocycles. The van der Waals surface area contributed by atoms with Crippen molar-refractivity contribution in [2.45, 2.75) is 12.8 Å². The molecule has 0 spiro atoms. The van der Waals surface area contributed by atoms with E-state index in [1.54, 1.807) is 12.4 Å². The van der Waals surface area contributed by atoms with Crippen molar-refractivity contribution < 1.29 is 14.7 Å². The second-order valence-electron chi connectivity index (χ2n) is 8.21. The highest BCUT2D eigenvalue weighted by molar-refractivity contribution is 5.96. The average Bonchev–Trinajstić information content (AvgIpc) is 3.52. The smallest absolute Gasteiger partial charge is 0.307 e. The zero-order valence-corrected chi connectivity index (χ0v) is 15.4. The summed E-state index contributed by atoms with van der Waals surface area (Å²) < 4.78 is 0. The average molecular weight is 374 g/mol. The van der Waals surface area contributed by atoms with Gasteiger partial charge in [-0.3, -0.25) is 14.6 Å². The Balaban J connectivity index is 1.30. The standard InChI is InChI=1S/C23H22N2O3/c26-22(20-16-5-6-17(19-12-18(16)19)21(20)23(27)28)25-15-3-1-13(2-4-15)11-14-7-9-24-10-8-14/h1-10,16-21H,11-12H2,(H,25,26)(H,27,28)/t16-,17+,18-,19-,20-,21?/m1/s1. The van der Waals surface area contributed by atoms with Crippen LogP contribution in [0.5, 0.6) is 0 Å². The molecule has 1 heterocycles. The number of nitrogens with zero attached hydrogens (tertiary/aromatic N) is 1. The second-order valence-corrected chi connectivity index (χ2v) is 8.21. The summed E-state index contributed by atoms with van der Waals surface area (Å²) in [6.07, 6.45) is 9.53. The normalized spacial score (nSPS) is 31.9. The van der Waals surface area contributed by atoms with E-state index in [0.717, 1.165) is 18.4 Å². The fourth-order valence-electron chi connectivity index (χ4n) is 5.24. The molecule has 2 aromatic rings. The molecule has 6 rings (SSSR count). The number of carbonyl (C=O) groups excluding carboxylic acids is 1. The van der Waals surface area contributed by atoms with Crippen molar-refractivity contribution in [2.24, 2.45) is 35.5 Å². The van der Waals surface area contributed by atoms with Crippen molar-refractivity contribution in [1.29, 1.82) is 0 Å². The Kier molecular flexibility index (Phi) is 4.04. The maximum atomic E-state index is 13.0. The van der Waals surface area contributed by atoms with Crippen LogP contribution in [0.4, 0.5) is 5.69 Å². The first-order valence-corrected chi connectivity index (χ1v) is 9.81. The molecule has 1 aromatic carbocycles. The zero-order chi connectivity index (χ0) is 19.3. The van der Waals surface area contributed by atoms with Crippen LogP contribution in [0.15, 0.2) is 60.9 Å². The lowest BCUT2D eigenvalue weighted by Crippen LogP contribution is -2.48. The summed E-state index contributed by atoms with van der Waals surface area (Å²) in [5, 5.41) is 12.7. The van der Waals surface area contributed by atoms with E-state index in [0.29, 0.717) is 17.5 Å². The number of pyridine rings is 1. The summed E-state index contributed by atoms with van der Waals surface area (Å²) >= 11 is 0. The summed E-state index contributed by atoms with van der Waals surface area (Å²) in [7, 11) is 0. The number of fused-ring (bicyclic) bond motifs is 1. The van der Waals surface area contributed by atoms with E-state index in [9.17, 15) is 14.7 Å². The molecule has 142 valence electrons. The molecule has 2 fully saturated rings. The third kappa shape index (κ3) is 2.91. The van der Waals surface area contributed by atoms with Crippen LogP contribution in [-0.4, -0.2) is 22.0 Å². The van der Waals surface area contributed by atoms with Crippen molar-refractivity contribution in [3.63, 3.8) is 0 Å². The molecular formula is C23H22N2O3. The number of carboxylic acids is 1. The number of allylic oxidation sites excluding steroid dienone is 2. The Hall–Kier alpha value is -2.95. The molecule has 5 nitrogen and oxygen atoms in total. The highest BCUT2D eigenvalue weighted by atomic mass is 16.4. The lowest BCUT2D eigenvalue weighted by Gasteiger charge is -2.41. The molecule has 4 aliphatic rings. The van der Waals surface area contributed by atoms with Crippen LogP contribution in [0.25, 0.3) is 0 Å². The minimum Gasteiger partial charge on any atom is -0.481 e. The number of carboxylic acid groups (broad SMARTS) is 1. The van der Waals surface area contributed by atoms with Crippen LogP contribution in [0.2, 0.25) is 0 Å². The third-order valence-corrected chi connectivity index (χ3v) is 6.62. The number of hydrogen-bond donors (Lipinski definition) is 2. The Morgan fingerprint density at radius 2 is 1.54 bits per heavy atom. The largest absolute Gasteiger partial charge is 0.481 e. The Bertz CT molecular complexity index is 938. The van der Waals surface area contributed by atoms with Gasteiger partial charge in [0.15, 0.2) is 0 Å². The molecule has 1 aromatic heterocycles. The monoisotopic (exact) mass is 374 g/mol. The van der Waals surface area contributed by atoms with Gasteiger partial charge in [0.05, 0.1) is 11.8 Å². The number of aromatic nitrogens is 1.